The van der Waals surface area contributed by atoms with Gasteiger partial charge in [-0.2, -0.15) is 10.2 Å². The second-order valence-electron chi connectivity index (χ2n) is 8.40. The first-order chi connectivity index (χ1) is 14.6. The monoisotopic (exact) mass is 409 g/mol. The number of fused-ring (bicyclic) bond motifs is 1. The van der Waals surface area contributed by atoms with Crippen molar-refractivity contribution in [1.82, 2.24) is 29.8 Å². The van der Waals surface area contributed by atoms with Crippen LogP contribution in [-0.4, -0.2) is 51.1 Å². The van der Waals surface area contributed by atoms with E-state index < -0.39 is 0 Å². The molecule has 0 saturated carbocycles. The SMILES string of the molecule is CN1CCC(n2nc(Nc3ccc(-c4cnn(C)c4)cc3F)c3c2CCNC3)CC1. The zero-order chi connectivity index (χ0) is 20.7. The van der Waals surface area contributed by atoms with Crippen LogP contribution in [0.4, 0.5) is 15.9 Å². The molecule has 7 nitrogen and oxygen atoms in total. The molecular weight excluding hydrogens is 381 g/mol. The fraction of sp³-hybridized carbons (Fsp3) is 0.455. The van der Waals surface area contributed by atoms with Gasteiger partial charge in [0.15, 0.2) is 5.82 Å². The van der Waals surface area contributed by atoms with Crippen LogP contribution in [0.5, 0.6) is 0 Å². The average molecular weight is 410 g/mol. The van der Waals surface area contributed by atoms with Crippen LogP contribution in [0, 0.1) is 5.82 Å². The lowest BCUT2D eigenvalue weighted by molar-refractivity contribution is 0.209. The maximum Gasteiger partial charge on any atom is 0.157 e. The van der Waals surface area contributed by atoms with Crippen molar-refractivity contribution in [2.75, 3.05) is 32.0 Å². The Kier molecular flexibility index (Phi) is 5.04. The Hall–Kier alpha value is -2.71. The standard InChI is InChI=1S/C22H28FN7/c1-28-9-6-17(7-10-28)30-21-5-8-24-13-18(21)22(27-30)26-20-4-3-15(11-19(20)23)16-12-25-29(2)14-16/h3-4,11-12,14,17,24H,5-10,13H2,1-2H3,(H,26,27). The lowest BCUT2D eigenvalue weighted by Crippen LogP contribution is -2.33. The van der Waals surface area contributed by atoms with Gasteiger partial charge in [0.25, 0.3) is 0 Å². The van der Waals surface area contributed by atoms with Crippen molar-refractivity contribution in [3.63, 3.8) is 0 Å². The van der Waals surface area contributed by atoms with Gasteiger partial charge in [-0.25, -0.2) is 4.39 Å². The van der Waals surface area contributed by atoms with Crippen LogP contribution in [0.3, 0.4) is 0 Å². The van der Waals surface area contributed by atoms with Crippen molar-refractivity contribution in [2.24, 2.45) is 7.05 Å². The number of benzene rings is 1. The molecule has 2 N–H and O–H groups in total. The van der Waals surface area contributed by atoms with Crippen molar-refractivity contribution in [3.05, 3.63) is 47.7 Å². The van der Waals surface area contributed by atoms with Crippen LogP contribution in [0.2, 0.25) is 0 Å². The third-order valence-electron chi connectivity index (χ3n) is 6.25. The molecule has 4 heterocycles. The van der Waals surface area contributed by atoms with Gasteiger partial charge in [0.05, 0.1) is 17.9 Å². The molecule has 158 valence electrons. The largest absolute Gasteiger partial charge is 0.336 e. The van der Waals surface area contributed by atoms with Crippen LogP contribution in [0.25, 0.3) is 11.1 Å². The molecule has 3 aromatic rings. The second-order valence-corrected chi connectivity index (χ2v) is 8.40. The number of rotatable bonds is 4. The molecule has 0 bridgehead atoms. The smallest absolute Gasteiger partial charge is 0.157 e. The van der Waals surface area contributed by atoms with Gasteiger partial charge in [-0.05, 0) is 50.7 Å². The van der Waals surface area contributed by atoms with Gasteiger partial charge >= 0.3 is 0 Å². The summed E-state index contributed by atoms with van der Waals surface area (Å²) in [7, 11) is 4.03. The minimum atomic E-state index is -0.289. The Bertz CT molecular complexity index is 1050. The summed E-state index contributed by atoms with van der Waals surface area (Å²) in [5.41, 5.74) is 4.61. The number of nitrogens with zero attached hydrogens (tertiary/aromatic N) is 5. The highest BCUT2D eigenvalue weighted by Crippen LogP contribution is 2.32. The summed E-state index contributed by atoms with van der Waals surface area (Å²) in [6.07, 6.45) is 6.79. The Balaban J connectivity index is 1.43. The predicted molar refractivity (Wildman–Crippen MR) is 115 cm³/mol. The summed E-state index contributed by atoms with van der Waals surface area (Å²) in [5, 5.41) is 15.8. The Labute approximate surface area is 175 Å². The summed E-state index contributed by atoms with van der Waals surface area (Å²) in [4.78, 5) is 2.37. The molecule has 0 amide bonds. The highest BCUT2D eigenvalue weighted by atomic mass is 19.1. The minimum Gasteiger partial charge on any atom is -0.336 e. The third kappa shape index (κ3) is 3.61. The summed E-state index contributed by atoms with van der Waals surface area (Å²) in [6.45, 7) is 3.90. The first-order valence-electron chi connectivity index (χ1n) is 10.6. The third-order valence-corrected chi connectivity index (χ3v) is 6.25. The van der Waals surface area contributed by atoms with E-state index in [2.05, 4.69) is 32.4 Å². The molecule has 1 fully saturated rings. The summed E-state index contributed by atoms with van der Waals surface area (Å²) in [5.74, 6) is 0.479. The topological polar surface area (TPSA) is 62.9 Å². The molecule has 0 unspecified atom stereocenters. The Morgan fingerprint density at radius 1 is 1.17 bits per heavy atom. The molecule has 5 rings (SSSR count). The average Bonchev–Trinajstić information content (AvgIpc) is 3.34. The van der Waals surface area contributed by atoms with Gasteiger partial charge in [-0.15, -0.1) is 0 Å². The quantitative estimate of drug-likeness (QED) is 0.693. The first-order valence-corrected chi connectivity index (χ1v) is 10.6. The number of halogens is 1. The Morgan fingerprint density at radius 2 is 2.00 bits per heavy atom. The van der Waals surface area contributed by atoms with Gasteiger partial charge in [-0.3, -0.25) is 9.36 Å². The molecular formula is C22H28FN7. The molecule has 1 saturated heterocycles. The fourth-order valence-electron chi connectivity index (χ4n) is 4.51. The van der Waals surface area contributed by atoms with Gasteiger partial charge in [0.2, 0.25) is 0 Å². The van der Waals surface area contributed by atoms with Crippen LogP contribution >= 0.6 is 0 Å². The molecule has 8 heteroatoms. The van der Waals surface area contributed by atoms with E-state index in [4.69, 9.17) is 5.10 Å². The van der Waals surface area contributed by atoms with Crippen LogP contribution in [-0.2, 0) is 20.0 Å². The lowest BCUT2D eigenvalue weighted by atomic mass is 10.0. The fourth-order valence-corrected chi connectivity index (χ4v) is 4.51. The number of aryl methyl sites for hydroxylation is 1. The Morgan fingerprint density at radius 3 is 2.73 bits per heavy atom. The number of nitrogens with one attached hydrogen (secondary N) is 2. The molecule has 2 aliphatic heterocycles. The number of likely N-dealkylation sites (tertiary alicyclic amines) is 1. The number of hydrogen-bond acceptors (Lipinski definition) is 5. The summed E-state index contributed by atoms with van der Waals surface area (Å²) >= 11 is 0. The van der Waals surface area contributed by atoms with Crippen molar-refractivity contribution >= 4 is 11.5 Å². The van der Waals surface area contributed by atoms with Gasteiger partial charge in [-0.1, -0.05) is 6.07 Å². The summed E-state index contributed by atoms with van der Waals surface area (Å²) in [6, 6.07) is 5.68. The maximum atomic E-state index is 14.9. The van der Waals surface area contributed by atoms with E-state index in [9.17, 15) is 4.39 Å². The molecule has 2 aliphatic rings. The van der Waals surface area contributed by atoms with Gasteiger partial charge in [0.1, 0.15) is 5.82 Å². The van der Waals surface area contributed by atoms with E-state index in [1.54, 1.807) is 23.0 Å². The van der Waals surface area contributed by atoms with Gasteiger partial charge < -0.3 is 15.5 Å². The highest BCUT2D eigenvalue weighted by molar-refractivity contribution is 5.68. The highest BCUT2D eigenvalue weighted by Gasteiger charge is 2.27. The summed E-state index contributed by atoms with van der Waals surface area (Å²) < 4.78 is 18.9. The normalized spacial score (nSPS) is 17.8. The van der Waals surface area contributed by atoms with E-state index in [1.807, 2.05) is 19.3 Å². The molecule has 0 atom stereocenters. The van der Waals surface area contributed by atoms with Gasteiger partial charge in [0, 0.05) is 49.6 Å². The van der Waals surface area contributed by atoms with E-state index in [0.29, 0.717) is 11.7 Å². The molecule has 1 aromatic carbocycles. The molecule has 0 spiro atoms. The molecule has 30 heavy (non-hydrogen) atoms. The van der Waals surface area contributed by atoms with Crippen molar-refractivity contribution in [3.8, 4) is 11.1 Å². The van der Waals surface area contributed by atoms with Crippen LogP contribution < -0.4 is 10.6 Å². The van der Waals surface area contributed by atoms with Crippen LogP contribution in [0.1, 0.15) is 30.1 Å². The zero-order valence-electron chi connectivity index (χ0n) is 17.5. The number of aromatic nitrogens is 4. The van der Waals surface area contributed by atoms with E-state index in [0.717, 1.165) is 67.9 Å². The number of anilines is 2. The number of hydrogen-bond donors (Lipinski definition) is 2. The van der Waals surface area contributed by atoms with E-state index in [-0.39, 0.29) is 5.82 Å². The molecule has 0 radical (unpaired) electrons. The predicted octanol–water partition coefficient (Wildman–Crippen LogP) is 3.08. The van der Waals surface area contributed by atoms with Crippen molar-refractivity contribution in [2.45, 2.75) is 31.8 Å². The van der Waals surface area contributed by atoms with Crippen molar-refractivity contribution < 1.29 is 4.39 Å². The lowest BCUT2D eigenvalue weighted by Gasteiger charge is -2.30. The molecule has 0 aliphatic carbocycles. The van der Waals surface area contributed by atoms with Crippen LogP contribution in [0.15, 0.2) is 30.6 Å². The molecule has 2 aromatic heterocycles. The second kappa shape index (κ2) is 7.85. The minimum absolute atomic E-state index is 0.289. The van der Waals surface area contributed by atoms with Crippen molar-refractivity contribution in [1.29, 1.82) is 0 Å². The number of piperidine rings is 1. The van der Waals surface area contributed by atoms with E-state index >= 15 is 0 Å². The zero-order valence-corrected chi connectivity index (χ0v) is 17.5. The maximum absolute atomic E-state index is 14.9. The first kappa shape index (κ1) is 19.3. The van der Waals surface area contributed by atoms with E-state index in [1.165, 1.54) is 5.69 Å².